The van der Waals surface area contributed by atoms with Gasteiger partial charge in [-0.3, -0.25) is 14.6 Å². The number of ether oxygens (including phenoxy) is 1. The molecule has 2 aromatic rings. The van der Waals surface area contributed by atoms with Crippen LogP contribution in [0.3, 0.4) is 0 Å². The van der Waals surface area contributed by atoms with Gasteiger partial charge in [0.05, 0.1) is 18.2 Å². The number of aliphatic hydroxyl groups excluding tert-OH is 1. The lowest BCUT2D eigenvalue weighted by Crippen LogP contribution is -2.44. The van der Waals surface area contributed by atoms with Gasteiger partial charge in [0.15, 0.2) is 0 Å². The monoisotopic (exact) mass is 522 g/mol. The lowest BCUT2D eigenvalue weighted by atomic mass is 10.00. The van der Waals surface area contributed by atoms with Crippen LogP contribution >= 0.6 is 24.8 Å². The van der Waals surface area contributed by atoms with Crippen molar-refractivity contribution < 1.29 is 14.6 Å². The van der Waals surface area contributed by atoms with Crippen LogP contribution in [0.4, 0.5) is 0 Å². The van der Waals surface area contributed by atoms with Gasteiger partial charge in [0.1, 0.15) is 12.4 Å². The van der Waals surface area contributed by atoms with E-state index in [0.29, 0.717) is 37.6 Å². The van der Waals surface area contributed by atoms with Crippen molar-refractivity contribution in [3.05, 3.63) is 64.7 Å². The number of rotatable bonds is 6. The second kappa shape index (κ2) is 12.9. The summed E-state index contributed by atoms with van der Waals surface area (Å²) in [5.74, 6) is 0.608. The number of β-amino-alcohol motifs (C(OH)–C–C–N with tert-alkyl or cyclic N) is 1. The maximum Gasteiger partial charge on any atom is 0.257 e. The summed E-state index contributed by atoms with van der Waals surface area (Å²) in [7, 11) is 0. The number of benzene rings is 2. The molecule has 1 unspecified atom stereocenters. The largest absolute Gasteiger partial charge is 0.491 e. The number of aliphatic hydroxyl groups is 1. The number of halogens is 2. The number of nitrogens with one attached hydrogen (secondary N) is 1. The van der Waals surface area contributed by atoms with Gasteiger partial charge in [-0.1, -0.05) is 30.3 Å². The minimum absolute atomic E-state index is 0. The van der Waals surface area contributed by atoms with Crippen LogP contribution in [0.25, 0.3) is 0 Å². The van der Waals surface area contributed by atoms with Crippen molar-refractivity contribution in [1.82, 2.24) is 20.0 Å². The van der Waals surface area contributed by atoms with Crippen molar-refractivity contribution in [3.63, 3.8) is 0 Å². The molecule has 35 heavy (non-hydrogen) atoms. The Labute approximate surface area is 220 Å². The number of hydrogen-bond acceptors (Lipinski definition) is 6. The van der Waals surface area contributed by atoms with E-state index in [0.717, 1.165) is 52.2 Å². The molecule has 192 valence electrons. The number of hydrogen-bond donors (Lipinski definition) is 2. The zero-order valence-corrected chi connectivity index (χ0v) is 21.7. The lowest BCUT2D eigenvalue weighted by Gasteiger charge is -2.32. The molecular formula is C26H36Cl2N4O3. The molecule has 5 rings (SSSR count). The molecular weight excluding hydrogens is 487 g/mol. The summed E-state index contributed by atoms with van der Waals surface area (Å²) in [6.07, 6.45) is 0.413. The van der Waals surface area contributed by atoms with E-state index in [-0.39, 0.29) is 30.7 Å². The second-order valence-corrected chi connectivity index (χ2v) is 9.36. The summed E-state index contributed by atoms with van der Waals surface area (Å²) in [4.78, 5) is 19.7. The molecule has 1 amide bonds. The predicted octanol–water partition coefficient (Wildman–Crippen LogP) is 2.19. The molecule has 9 heteroatoms. The minimum Gasteiger partial charge on any atom is -0.491 e. The molecule has 3 aliphatic heterocycles. The Hall–Kier alpha value is -1.87. The summed E-state index contributed by atoms with van der Waals surface area (Å²) in [6.45, 7) is 8.57. The third-order valence-corrected chi connectivity index (χ3v) is 6.91. The van der Waals surface area contributed by atoms with E-state index in [1.54, 1.807) is 4.90 Å². The fourth-order valence-corrected chi connectivity index (χ4v) is 5.12. The average molecular weight is 524 g/mol. The van der Waals surface area contributed by atoms with Gasteiger partial charge in [0.25, 0.3) is 5.91 Å². The molecule has 0 radical (unpaired) electrons. The van der Waals surface area contributed by atoms with Crippen molar-refractivity contribution in [2.24, 2.45) is 0 Å². The Morgan fingerprint density at radius 3 is 2.51 bits per heavy atom. The normalized spacial score (nSPS) is 19.3. The van der Waals surface area contributed by atoms with Gasteiger partial charge in [-0.2, -0.15) is 0 Å². The third kappa shape index (κ3) is 6.88. The van der Waals surface area contributed by atoms with Gasteiger partial charge in [-0.15, -0.1) is 24.8 Å². The number of fused-ring (bicyclic) bond motifs is 2. The van der Waals surface area contributed by atoms with Crippen LogP contribution < -0.4 is 10.1 Å². The van der Waals surface area contributed by atoms with Crippen LogP contribution in [-0.4, -0.2) is 90.8 Å². The van der Waals surface area contributed by atoms with Crippen LogP contribution in [0.2, 0.25) is 0 Å². The Morgan fingerprint density at radius 1 is 0.943 bits per heavy atom. The standard InChI is InChI=1S/C26H34N4O3.2ClH/c31-23(18-29-10-7-21-3-1-2-4-22(21)17-29)19-30-13-14-33-25-15-20(5-6-24(25)26(30)32)16-28-11-8-27-9-12-28;;/h1-6,15,23,27,31H,7-14,16-19H2;2*1H. The molecule has 0 saturated carbocycles. The zero-order valence-electron chi connectivity index (χ0n) is 20.0. The van der Waals surface area contributed by atoms with E-state index in [1.807, 2.05) is 18.2 Å². The average Bonchev–Trinajstić information content (AvgIpc) is 2.98. The molecule has 3 heterocycles. The van der Waals surface area contributed by atoms with E-state index >= 15 is 0 Å². The first-order chi connectivity index (χ1) is 16.2. The SMILES string of the molecule is Cl.Cl.O=C1c2ccc(CN3CCNCC3)cc2OCCN1CC(O)CN1CCc2ccccc2C1. The zero-order chi connectivity index (χ0) is 22.6. The first-order valence-electron chi connectivity index (χ1n) is 12.1. The molecule has 1 fully saturated rings. The van der Waals surface area contributed by atoms with Gasteiger partial charge in [-0.05, 0) is 35.2 Å². The molecule has 0 bridgehead atoms. The third-order valence-electron chi connectivity index (χ3n) is 6.91. The molecule has 7 nitrogen and oxygen atoms in total. The first-order valence-corrected chi connectivity index (χ1v) is 12.1. The Bertz CT molecular complexity index is 987. The van der Waals surface area contributed by atoms with Gasteiger partial charge < -0.3 is 20.1 Å². The van der Waals surface area contributed by atoms with E-state index in [1.165, 1.54) is 16.7 Å². The maximum absolute atomic E-state index is 13.2. The number of piperazine rings is 1. The van der Waals surface area contributed by atoms with Gasteiger partial charge >= 0.3 is 0 Å². The minimum atomic E-state index is -0.590. The number of nitrogens with zero attached hydrogens (tertiary/aromatic N) is 3. The molecule has 0 aliphatic carbocycles. The van der Waals surface area contributed by atoms with Gasteiger partial charge in [-0.25, -0.2) is 0 Å². The summed E-state index contributed by atoms with van der Waals surface area (Å²) in [5.41, 5.74) is 4.50. The highest BCUT2D eigenvalue weighted by molar-refractivity contribution is 5.97. The smallest absolute Gasteiger partial charge is 0.257 e. The molecule has 0 aromatic heterocycles. The number of carbonyl (C=O) groups is 1. The second-order valence-electron chi connectivity index (χ2n) is 9.36. The topological polar surface area (TPSA) is 68.3 Å². The lowest BCUT2D eigenvalue weighted by molar-refractivity contribution is 0.0501. The predicted molar refractivity (Wildman–Crippen MR) is 142 cm³/mol. The van der Waals surface area contributed by atoms with Crippen molar-refractivity contribution in [3.8, 4) is 5.75 Å². The first kappa shape index (κ1) is 27.7. The van der Waals surface area contributed by atoms with E-state index in [2.05, 4.69) is 39.4 Å². The summed E-state index contributed by atoms with van der Waals surface area (Å²) in [6, 6.07) is 14.4. The fourth-order valence-electron chi connectivity index (χ4n) is 5.12. The van der Waals surface area contributed by atoms with Crippen molar-refractivity contribution in [2.45, 2.75) is 25.6 Å². The Kier molecular flexibility index (Phi) is 10.2. The van der Waals surface area contributed by atoms with Gasteiger partial charge in [0.2, 0.25) is 0 Å². The summed E-state index contributed by atoms with van der Waals surface area (Å²) < 4.78 is 5.96. The highest BCUT2D eigenvalue weighted by Crippen LogP contribution is 2.26. The molecule has 3 aliphatic rings. The van der Waals surface area contributed by atoms with Crippen molar-refractivity contribution in [1.29, 1.82) is 0 Å². The highest BCUT2D eigenvalue weighted by atomic mass is 35.5. The summed E-state index contributed by atoms with van der Waals surface area (Å²) >= 11 is 0. The van der Waals surface area contributed by atoms with Crippen LogP contribution in [0, 0.1) is 0 Å². The molecule has 0 spiro atoms. The van der Waals surface area contributed by atoms with Gasteiger partial charge in [0, 0.05) is 58.9 Å². The Balaban J connectivity index is 0.00000171. The highest BCUT2D eigenvalue weighted by Gasteiger charge is 2.27. The fraction of sp³-hybridized carbons (Fsp3) is 0.500. The van der Waals surface area contributed by atoms with Crippen molar-refractivity contribution >= 4 is 30.7 Å². The Morgan fingerprint density at radius 2 is 1.71 bits per heavy atom. The molecule has 2 aromatic carbocycles. The van der Waals surface area contributed by atoms with Crippen molar-refractivity contribution in [2.75, 3.05) is 59.0 Å². The van der Waals surface area contributed by atoms with Crippen LogP contribution in [0.5, 0.6) is 5.75 Å². The summed E-state index contributed by atoms with van der Waals surface area (Å²) in [5, 5.41) is 14.2. The number of amides is 1. The van der Waals surface area contributed by atoms with Crippen LogP contribution in [0.15, 0.2) is 42.5 Å². The molecule has 1 atom stereocenters. The van der Waals surface area contributed by atoms with Crippen LogP contribution in [0.1, 0.15) is 27.0 Å². The maximum atomic E-state index is 13.2. The number of carbonyl (C=O) groups excluding carboxylic acids is 1. The molecule has 2 N–H and O–H groups in total. The van der Waals surface area contributed by atoms with Crippen LogP contribution in [-0.2, 0) is 19.5 Å². The van der Waals surface area contributed by atoms with E-state index in [4.69, 9.17) is 4.74 Å². The quantitative estimate of drug-likeness (QED) is 0.606. The molecule has 1 saturated heterocycles. The van der Waals surface area contributed by atoms with E-state index < -0.39 is 6.10 Å². The van der Waals surface area contributed by atoms with E-state index in [9.17, 15) is 9.90 Å².